The van der Waals surface area contributed by atoms with Gasteiger partial charge in [-0.15, -0.1) is 0 Å². The van der Waals surface area contributed by atoms with E-state index < -0.39 is 0 Å². The third-order valence-electron chi connectivity index (χ3n) is 2.91. The standard InChI is InChI=1S/C16H18O/c1-11-5-7-15(8-6-11)17-16-13(3)9-12(2)10-14(16)4/h5-10H,1-4H3/p+1. The number of ether oxygens (including phenoxy) is 1. The first-order valence-electron chi connectivity index (χ1n) is 5.92. The largest absolute Gasteiger partial charge is 0.546 e. The van der Waals surface area contributed by atoms with E-state index in [9.17, 15) is 0 Å². The average molecular weight is 227 g/mol. The zero-order chi connectivity index (χ0) is 12.4. The summed E-state index contributed by atoms with van der Waals surface area (Å²) in [5, 5.41) is 0. The van der Waals surface area contributed by atoms with Crippen LogP contribution in [0.5, 0.6) is 11.5 Å². The third kappa shape index (κ3) is 2.68. The highest BCUT2D eigenvalue weighted by atomic mass is 16.5. The first kappa shape index (κ1) is 11.7. The fraction of sp³-hybridized carbons (Fsp3) is 0.250. The maximum absolute atomic E-state index is 4.72. The summed E-state index contributed by atoms with van der Waals surface area (Å²) < 4.78 is 4.72. The van der Waals surface area contributed by atoms with Gasteiger partial charge in [0.2, 0.25) is 0 Å². The molecule has 0 fully saturated rings. The van der Waals surface area contributed by atoms with Gasteiger partial charge in [-0.2, -0.15) is 0 Å². The minimum Gasteiger partial charge on any atom is -0.546 e. The van der Waals surface area contributed by atoms with Gasteiger partial charge in [0.05, 0.1) is 0 Å². The Balaban J connectivity index is 2.33. The van der Waals surface area contributed by atoms with Crippen LogP contribution in [0.15, 0.2) is 36.4 Å². The summed E-state index contributed by atoms with van der Waals surface area (Å²) in [4.78, 5) is 0. The Hall–Kier alpha value is -1.76. The number of rotatable bonds is 2. The van der Waals surface area contributed by atoms with Crippen molar-refractivity contribution in [2.75, 3.05) is 0 Å². The number of hydrogen-bond acceptors (Lipinski definition) is 0. The van der Waals surface area contributed by atoms with E-state index in [2.05, 4.69) is 64.1 Å². The first-order valence-corrected chi connectivity index (χ1v) is 5.92. The molecule has 0 amide bonds. The van der Waals surface area contributed by atoms with E-state index in [1.165, 1.54) is 22.3 Å². The van der Waals surface area contributed by atoms with E-state index in [4.69, 9.17) is 4.74 Å². The molecule has 1 heteroatoms. The van der Waals surface area contributed by atoms with Crippen LogP contribution in [0.25, 0.3) is 0 Å². The van der Waals surface area contributed by atoms with Crippen molar-refractivity contribution < 1.29 is 4.74 Å². The lowest BCUT2D eigenvalue weighted by Gasteiger charge is -2.09. The maximum Gasteiger partial charge on any atom is 0.266 e. The van der Waals surface area contributed by atoms with E-state index in [-0.39, 0.29) is 0 Å². The van der Waals surface area contributed by atoms with Gasteiger partial charge in [0.25, 0.3) is 11.5 Å². The van der Waals surface area contributed by atoms with Gasteiger partial charge in [0, 0.05) is 23.3 Å². The highest BCUT2D eigenvalue weighted by Gasteiger charge is 2.11. The predicted molar refractivity (Wildman–Crippen MR) is 72.9 cm³/mol. The van der Waals surface area contributed by atoms with Crippen molar-refractivity contribution in [3.8, 4) is 11.5 Å². The van der Waals surface area contributed by atoms with Crippen molar-refractivity contribution >= 4 is 0 Å². The van der Waals surface area contributed by atoms with Gasteiger partial charge in [-0.3, -0.25) is 0 Å². The lowest BCUT2D eigenvalue weighted by molar-refractivity contribution is 0.195. The van der Waals surface area contributed by atoms with Gasteiger partial charge < -0.3 is 4.74 Å². The van der Waals surface area contributed by atoms with Crippen LogP contribution in [-0.2, 0) is 0 Å². The van der Waals surface area contributed by atoms with Crippen molar-refractivity contribution in [3.05, 3.63) is 58.7 Å². The smallest absolute Gasteiger partial charge is 0.266 e. The lowest BCUT2D eigenvalue weighted by Crippen LogP contribution is -1.89. The average Bonchev–Trinajstić information content (AvgIpc) is 2.26. The summed E-state index contributed by atoms with van der Waals surface area (Å²) in [6, 6.07) is 12.7. The molecule has 0 atom stereocenters. The van der Waals surface area contributed by atoms with Gasteiger partial charge in [-0.05, 0) is 45.4 Å². The van der Waals surface area contributed by atoms with Crippen molar-refractivity contribution in [2.24, 2.45) is 0 Å². The number of benzene rings is 2. The van der Waals surface area contributed by atoms with Crippen LogP contribution >= 0.6 is 0 Å². The topological polar surface area (TPSA) is 12.8 Å². The fourth-order valence-electron chi connectivity index (χ4n) is 2.10. The molecule has 0 bridgehead atoms. The summed E-state index contributed by atoms with van der Waals surface area (Å²) in [6.07, 6.45) is 0. The van der Waals surface area contributed by atoms with Crippen LogP contribution in [0.4, 0.5) is 0 Å². The molecular weight excluding hydrogens is 208 g/mol. The molecule has 2 aromatic rings. The summed E-state index contributed by atoms with van der Waals surface area (Å²) >= 11 is 0. The van der Waals surface area contributed by atoms with Crippen molar-refractivity contribution in [1.82, 2.24) is 0 Å². The van der Waals surface area contributed by atoms with Crippen LogP contribution in [0.3, 0.4) is 0 Å². The normalized spacial score (nSPS) is 10.4. The number of aromatic hydroxyl groups is 2. The molecule has 88 valence electrons. The van der Waals surface area contributed by atoms with Crippen LogP contribution in [-0.4, -0.2) is 4.74 Å². The van der Waals surface area contributed by atoms with Gasteiger partial charge in [0.1, 0.15) is 0 Å². The van der Waals surface area contributed by atoms with Crippen LogP contribution < -0.4 is 0 Å². The highest BCUT2D eigenvalue weighted by molar-refractivity contribution is 5.44. The molecule has 0 aromatic heterocycles. The summed E-state index contributed by atoms with van der Waals surface area (Å²) in [7, 11) is 0. The molecular formula is C16H19O+. The molecule has 1 nitrogen and oxygen atoms in total. The zero-order valence-corrected chi connectivity index (χ0v) is 10.9. The molecule has 2 rings (SSSR count). The maximum atomic E-state index is 4.72. The molecule has 0 heterocycles. The third-order valence-corrected chi connectivity index (χ3v) is 2.91. The predicted octanol–water partition coefficient (Wildman–Crippen LogP) is 4.58. The van der Waals surface area contributed by atoms with Gasteiger partial charge in [-0.25, -0.2) is 0 Å². The van der Waals surface area contributed by atoms with Gasteiger partial charge in [-0.1, -0.05) is 17.7 Å². The van der Waals surface area contributed by atoms with Gasteiger partial charge >= 0.3 is 0 Å². The first-order chi connectivity index (χ1) is 8.06. The number of hydrogen-bond donors (Lipinski definition) is 0. The van der Waals surface area contributed by atoms with E-state index >= 15 is 0 Å². The Morgan fingerprint density at radius 1 is 0.706 bits per heavy atom. The number of aryl methyl sites for hydroxylation is 4. The summed E-state index contributed by atoms with van der Waals surface area (Å²) in [6.45, 7) is 8.45. The zero-order valence-electron chi connectivity index (χ0n) is 10.9. The van der Waals surface area contributed by atoms with E-state index in [1.807, 2.05) is 0 Å². The van der Waals surface area contributed by atoms with E-state index in [1.54, 1.807) is 0 Å². The minimum absolute atomic E-state index is 1.02. The van der Waals surface area contributed by atoms with Crippen molar-refractivity contribution in [1.29, 1.82) is 0 Å². The van der Waals surface area contributed by atoms with E-state index in [0.717, 1.165) is 11.5 Å². The minimum atomic E-state index is 1.02. The van der Waals surface area contributed by atoms with E-state index in [0.29, 0.717) is 0 Å². The Morgan fingerprint density at radius 2 is 1.24 bits per heavy atom. The molecule has 0 aliphatic rings. The lowest BCUT2D eigenvalue weighted by atomic mass is 10.1. The SMILES string of the molecule is Cc1ccc([OH+]c2c(C)cc(C)cc2C)cc1. The molecule has 0 spiro atoms. The second kappa shape index (κ2) is 4.62. The summed E-state index contributed by atoms with van der Waals surface area (Å²) in [5.74, 6) is 2.12. The molecule has 17 heavy (non-hydrogen) atoms. The van der Waals surface area contributed by atoms with Gasteiger partial charge in [0.15, 0.2) is 0 Å². The Labute approximate surface area is 103 Å². The molecule has 0 saturated heterocycles. The Bertz CT molecular complexity index is 501. The van der Waals surface area contributed by atoms with Crippen molar-refractivity contribution in [2.45, 2.75) is 27.7 Å². The van der Waals surface area contributed by atoms with Crippen LogP contribution in [0.2, 0.25) is 0 Å². The second-order valence-electron chi connectivity index (χ2n) is 4.69. The monoisotopic (exact) mass is 227 g/mol. The molecule has 2 aromatic carbocycles. The van der Waals surface area contributed by atoms with Crippen LogP contribution in [0, 0.1) is 27.7 Å². The molecule has 0 aliphatic heterocycles. The van der Waals surface area contributed by atoms with Crippen molar-refractivity contribution in [3.63, 3.8) is 0 Å². The molecule has 0 saturated carbocycles. The van der Waals surface area contributed by atoms with Crippen LogP contribution in [0.1, 0.15) is 22.3 Å². The fourth-order valence-corrected chi connectivity index (χ4v) is 2.10. The molecule has 0 unspecified atom stereocenters. The molecule has 0 radical (unpaired) electrons. The highest BCUT2D eigenvalue weighted by Crippen LogP contribution is 2.31. The Kier molecular flexibility index (Phi) is 3.19. The quantitative estimate of drug-likeness (QED) is 0.666. The Morgan fingerprint density at radius 3 is 1.76 bits per heavy atom. The summed E-state index contributed by atoms with van der Waals surface area (Å²) in [5.41, 5.74) is 5.04. The molecule has 1 N–H and O–H groups in total. The molecule has 0 aliphatic carbocycles. The second-order valence-corrected chi connectivity index (χ2v) is 4.69.